The lowest BCUT2D eigenvalue weighted by atomic mass is 10.1. The highest BCUT2D eigenvalue weighted by atomic mass is 16.6. The second-order valence-corrected chi connectivity index (χ2v) is 7.14. The third kappa shape index (κ3) is 4.65. The SMILES string of the molecule is C=CC1CC1N(C(=O)OCC)C(=O)C1CC(OC(=O)c2ccc([N+](=O)[O-])cc2)CN1. The van der Waals surface area contributed by atoms with Crippen molar-refractivity contribution in [2.45, 2.75) is 38.0 Å². The Morgan fingerprint density at radius 2 is 2.00 bits per heavy atom. The number of nitro benzene ring substituents is 1. The molecule has 0 bridgehead atoms. The van der Waals surface area contributed by atoms with Crippen molar-refractivity contribution in [3.63, 3.8) is 0 Å². The molecular weight excluding hydrogens is 394 g/mol. The lowest BCUT2D eigenvalue weighted by molar-refractivity contribution is -0.384. The largest absolute Gasteiger partial charge is 0.457 e. The van der Waals surface area contributed by atoms with Gasteiger partial charge in [0.25, 0.3) is 5.69 Å². The molecule has 1 saturated carbocycles. The van der Waals surface area contributed by atoms with Crippen molar-refractivity contribution in [1.29, 1.82) is 0 Å². The molecule has 4 unspecified atom stereocenters. The quantitative estimate of drug-likeness (QED) is 0.309. The van der Waals surface area contributed by atoms with Crippen LogP contribution in [0.15, 0.2) is 36.9 Å². The molecule has 1 aromatic rings. The molecular formula is C20H23N3O7. The molecule has 1 aliphatic heterocycles. The molecule has 10 nitrogen and oxygen atoms in total. The monoisotopic (exact) mass is 417 g/mol. The Bertz CT molecular complexity index is 854. The third-order valence-corrected chi connectivity index (χ3v) is 5.12. The van der Waals surface area contributed by atoms with E-state index in [0.717, 1.165) is 4.90 Å². The molecule has 0 spiro atoms. The maximum Gasteiger partial charge on any atom is 0.416 e. The minimum atomic E-state index is -0.690. The first-order valence-electron chi connectivity index (χ1n) is 9.66. The smallest absolute Gasteiger partial charge is 0.416 e. The summed E-state index contributed by atoms with van der Waals surface area (Å²) in [6.45, 7) is 5.78. The van der Waals surface area contributed by atoms with Gasteiger partial charge in [-0.3, -0.25) is 14.9 Å². The number of amides is 2. The molecule has 160 valence electrons. The van der Waals surface area contributed by atoms with Crippen molar-refractivity contribution in [3.8, 4) is 0 Å². The van der Waals surface area contributed by atoms with Crippen LogP contribution >= 0.6 is 0 Å². The zero-order valence-electron chi connectivity index (χ0n) is 16.5. The minimum absolute atomic E-state index is 0.0514. The van der Waals surface area contributed by atoms with Crippen LogP contribution < -0.4 is 5.32 Å². The number of hydrogen-bond acceptors (Lipinski definition) is 8. The van der Waals surface area contributed by atoms with E-state index in [4.69, 9.17) is 9.47 Å². The van der Waals surface area contributed by atoms with Gasteiger partial charge in [0.15, 0.2) is 0 Å². The van der Waals surface area contributed by atoms with E-state index in [1.165, 1.54) is 24.3 Å². The van der Waals surface area contributed by atoms with Crippen LogP contribution in [0.3, 0.4) is 0 Å². The Hall–Kier alpha value is -3.27. The summed E-state index contributed by atoms with van der Waals surface area (Å²) in [5.41, 5.74) is 0.0482. The number of ether oxygens (including phenoxy) is 2. The summed E-state index contributed by atoms with van der Waals surface area (Å²) in [7, 11) is 0. The molecule has 1 aliphatic carbocycles. The molecule has 2 amide bonds. The fourth-order valence-corrected chi connectivity index (χ4v) is 3.42. The Labute approximate surface area is 173 Å². The summed E-state index contributed by atoms with van der Waals surface area (Å²) >= 11 is 0. The Kier molecular flexibility index (Phi) is 6.46. The summed E-state index contributed by atoms with van der Waals surface area (Å²) in [5.74, 6) is -1.01. The fourth-order valence-electron chi connectivity index (χ4n) is 3.42. The van der Waals surface area contributed by atoms with Crippen molar-refractivity contribution in [1.82, 2.24) is 10.2 Å². The topological polar surface area (TPSA) is 128 Å². The molecule has 4 atom stereocenters. The molecule has 30 heavy (non-hydrogen) atoms. The van der Waals surface area contributed by atoms with Crippen LogP contribution in [0.4, 0.5) is 10.5 Å². The van der Waals surface area contributed by atoms with E-state index in [1.54, 1.807) is 13.0 Å². The predicted molar refractivity (Wildman–Crippen MR) is 105 cm³/mol. The van der Waals surface area contributed by atoms with E-state index >= 15 is 0 Å². The third-order valence-electron chi connectivity index (χ3n) is 5.12. The summed E-state index contributed by atoms with van der Waals surface area (Å²) in [6, 6.07) is 4.12. The van der Waals surface area contributed by atoms with E-state index in [1.807, 2.05) is 0 Å². The number of imide groups is 1. The molecule has 0 aromatic heterocycles. The van der Waals surface area contributed by atoms with Crippen LogP contribution in [0, 0.1) is 16.0 Å². The number of hydrogen-bond donors (Lipinski definition) is 1. The lowest BCUT2D eigenvalue weighted by Gasteiger charge is -2.23. The number of nitrogens with one attached hydrogen (secondary N) is 1. The highest BCUT2D eigenvalue weighted by Crippen LogP contribution is 2.37. The molecule has 1 N–H and O–H groups in total. The number of carbonyl (C=O) groups is 3. The highest BCUT2D eigenvalue weighted by molar-refractivity contribution is 5.96. The molecule has 1 aromatic carbocycles. The van der Waals surface area contributed by atoms with E-state index < -0.39 is 35.0 Å². The zero-order valence-corrected chi connectivity index (χ0v) is 16.5. The average molecular weight is 417 g/mol. The standard InChI is InChI=1S/C20H23N3O7/c1-3-12-9-17(12)22(20(26)29-4-2)18(24)16-10-15(11-21-16)30-19(25)13-5-7-14(8-6-13)23(27)28/h3,5-8,12,15-17,21H,1,4,9-11H2,2H3. The van der Waals surface area contributed by atoms with Gasteiger partial charge in [-0.1, -0.05) is 6.08 Å². The Morgan fingerprint density at radius 3 is 2.57 bits per heavy atom. The average Bonchev–Trinajstić information content (AvgIpc) is 3.35. The van der Waals surface area contributed by atoms with Gasteiger partial charge in [-0.2, -0.15) is 0 Å². The Morgan fingerprint density at radius 1 is 1.30 bits per heavy atom. The number of benzene rings is 1. The molecule has 3 rings (SSSR count). The number of esters is 1. The molecule has 2 fully saturated rings. The van der Waals surface area contributed by atoms with E-state index in [9.17, 15) is 24.5 Å². The minimum Gasteiger partial charge on any atom is -0.457 e. The molecule has 0 radical (unpaired) electrons. The van der Waals surface area contributed by atoms with Gasteiger partial charge in [0.2, 0.25) is 5.91 Å². The first-order chi connectivity index (χ1) is 14.3. The van der Waals surface area contributed by atoms with Crippen LogP contribution in [0.5, 0.6) is 0 Å². The van der Waals surface area contributed by atoms with E-state index in [-0.39, 0.29) is 42.8 Å². The van der Waals surface area contributed by atoms with Gasteiger partial charge in [0, 0.05) is 25.1 Å². The van der Waals surface area contributed by atoms with E-state index in [0.29, 0.717) is 6.42 Å². The molecule has 1 heterocycles. The lowest BCUT2D eigenvalue weighted by Crippen LogP contribution is -2.48. The van der Waals surface area contributed by atoms with Crippen LogP contribution in [0.2, 0.25) is 0 Å². The maximum absolute atomic E-state index is 12.9. The second-order valence-electron chi connectivity index (χ2n) is 7.14. The number of rotatable bonds is 7. The zero-order chi connectivity index (χ0) is 21.8. The maximum atomic E-state index is 12.9. The van der Waals surface area contributed by atoms with Crippen LogP contribution in [0.1, 0.15) is 30.1 Å². The van der Waals surface area contributed by atoms with Crippen molar-refractivity contribution >= 4 is 23.7 Å². The summed E-state index contributed by atoms with van der Waals surface area (Å²) in [5, 5.41) is 13.7. The fraction of sp³-hybridized carbons (Fsp3) is 0.450. The molecule has 1 saturated heterocycles. The van der Waals surface area contributed by atoms with Crippen LogP contribution in [0.25, 0.3) is 0 Å². The summed E-state index contributed by atoms with van der Waals surface area (Å²) < 4.78 is 10.4. The first kappa shape index (κ1) is 21.4. The van der Waals surface area contributed by atoms with Gasteiger partial charge in [-0.25, -0.2) is 14.5 Å². The van der Waals surface area contributed by atoms with E-state index in [2.05, 4.69) is 11.9 Å². The number of nitro groups is 1. The second kappa shape index (κ2) is 9.04. The summed E-state index contributed by atoms with van der Waals surface area (Å²) in [4.78, 5) is 48.8. The number of carbonyl (C=O) groups excluding carboxylic acids is 3. The van der Waals surface area contributed by atoms with Gasteiger partial charge in [0.1, 0.15) is 6.10 Å². The van der Waals surface area contributed by atoms with Crippen molar-refractivity contribution in [2.75, 3.05) is 13.2 Å². The van der Waals surface area contributed by atoms with Gasteiger partial charge in [0.05, 0.1) is 29.2 Å². The highest BCUT2D eigenvalue weighted by Gasteiger charge is 2.48. The van der Waals surface area contributed by atoms with Crippen LogP contribution in [-0.2, 0) is 14.3 Å². The van der Waals surface area contributed by atoms with Crippen molar-refractivity contribution in [2.24, 2.45) is 5.92 Å². The summed E-state index contributed by atoms with van der Waals surface area (Å²) in [6.07, 6.45) is 1.31. The molecule has 10 heteroatoms. The first-order valence-corrected chi connectivity index (χ1v) is 9.66. The van der Waals surface area contributed by atoms with Gasteiger partial charge >= 0.3 is 12.1 Å². The molecule has 2 aliphatic rings. The predicted octanol–water partition coefficient (Wildman–Crippen LogP) is 2.04. The van der Waals surface area contributed by atoms with Crippen molar-refractivity contribution in [3.05, 3.63) is 52.6 Å². The van der Waals surface area contributed by atoms with Crippen LogP contribution in [-0.4, -0.2) is 59.1 Å². The number of non-ortho nitro benzene ring substituents is 1. The normalized spacial score (nSPS) is 24.6. The van der Waals surface area contributed by atoms with Crippen molar-refractivity contribution < 1.29 is 28.8 Å². The number of nitrogens with zero attached hydrogens (tertiary/aromatic N) is 2. The van der Waals surface area contributed by atoms with Gasteiger partial charge < -0.3 is 14.8 Å². The van der Waals surface area contributed by atoms with Gasteiger partial charge in [-0.15, -0.1) is 6.58 Å². The van der Waals surface area contributed by atoms with Gasteiger partial charge in [-0.05, 0) is 31.4 Å². The Balaban J connectivity index is 1.60.